The van der Waals surface area contributed by atoms with Crippen LogP contribution in [-0.4, -0.2) is 323 Å². The minimum absolute atomic E-state index is 0.00957. The predicted octanol–water partition coefficient (Wildman–Crippen LogP) is -2.50. The van der Waals surface area contributed by atoms with E-state index in [4.69, 9.17) is 66.3 Å². The highest BCUT2D eigenvalue weighted by Gasteiger charge is 2.74. The number of fused-ring (bicyclic) bond motifs is 7. The molecule has 0 spiro atoms. The van der Waals surface area contributed by atoms with Crippen molar-refractivity contribution in [1.29, 1.82) is 0 Å². The molecule has 109 heavy (non-hydrogen) atoms. The number of allylic oxidation sites excluding steroid dienone is 1. The van der Waals surface area contributed by atoms with Crippen molar-refractivity contribution < 1.29 is 168 Å². The summed E-state index contributed by atoms with van der Waals surface area (Å²) >= 11 is 0. The summed E-state index contributed by atoms with van der Waals surface area (Å²) in [6.07, 6.45) is -41.0. The summed E-state index contributed by atoms with van der Waals surface area (Å²) in [7, 11) is 1.50. The number of methoxy groups -OCH3 is 1. The van der Waals surface area contributed by atoms with Crippen molar-refractivity contribution in [1.82, 2.24) is 0 Å². The summed E-state index contributed by atoms with van der Waals surface area (Å²) in [6.45, 7) is 10.7. The van der Waals surface area contributed by atoms with Crippen LogP contribution in [0.25, 0.3) is 6.08 Å². The first-order chi connectivity index (χ1) is 51.4. The molecule has 12 rings (SSSR count). The molecular weight excluding hydrogens is 1440 g/mol. The zero-order valence-corrected chi connectivity index (χ0v) is 62.6. The molecule has 6 saturated heterocycles. The monoisotopic (exact) mass is 1560 g/mol. The first kappa shape index (κ1) is 84.2. The van der Waals surface area contributed by atoms with Crippen molar-refractivity contribution >= 4 is 24.0 Å². The molecule has 6 aliphatic heterocycles. The number of carbonyl (C=O) groups excluding carboxylic acids is 2. The maximum absolute atomic E-state index is 16.2. The van der Waals surface area contributed by atoms with Crippen LogP contribution in [0.15, 0.2) is 42.0 Å². The minimum atomic E-state index is -2.10. The van der Waals surface area contributed by atoms with Gasteiger partial charge in [-0.3, -0.25) is 9.59 Å². The zero-order chi connectivity index (χ0) is 79.3. The van der Waals surface area contributed by atoms with Crippen LogP contribution in [0, 0.1) is 55.7 Å². The standard InChI is InChI=1S/C75H112O34/c1-32-55(104-44(81)17-12-34-10-13-35(96-9)14-11-34)53(90)58(107-64-54(91)57(106-66-59(92)70(5,29-78)31-98-66)56(33(2)99-64)105-61-50(87)47(84)41(28-97-61)103-62-51(88)48(85)45(82)39(26-76)101-62)65(100-32)109-68(95)74-21-20-69(3,4)24-37(74)36-15-16-42-71(6)25-38(80)60(108-63-52(89)49(86)46(83)40(27-77)102-63)73(8,67(93)94)43(71)18-19-72(42,7)75(36,30-79)23-22-74/h10-15,17,32-33,37-43,45-66,76-80,82-92H,16,18-31H2,1-9H3,(H,93,94)/b17-12+/t32-,33+,37+,38+,39-,40-,41-,42-,43?,45+,46-,47+,48+,49+,50-,51-,52-,53+,54-,55+,56+,57+,58-,59-,60+,61+,62+,63+,64+,65+,66+,70+,71-,72-,73+,74+,75+/m1/s1. The summed E-state index contributed by atoms with van der Waals surface area (Å²) in [4.78, 5) is 44.0. The Morgan fingerprint density at radius 2 is 1.15 bits per heavy atom. The molecule has 34 heteroatoms. The van der Waals surface area contributed by atoms with E-state index < -0.39 is 272 Å². The number of esters is 2. The minimum Gasteiger partial charge on any atom is -0.497 e. The molecule has 34 nitrogen and oxygen atoms in total. The third-order valence-corrected chi connectivity index (χ3v) is 27.0. The Morgan fingerprint density at radius 1 is 0.560 bits per heavy atom. The lowest BCUT2D eigenvalue weighted by Gasteiger charge is -2.71. The van der Waals surface area contributed by atoms with Crippen LogP contribution in [-0.2, 0) is 76.0 Å². The van der Waals surface area contributed by atoms with Crippen LogP contribution in [0.3, 0.4) is 0 Å². The average Bonchev–Trinajstić information content (AvgIpc) is 0.674. The van der Waals surface area contributed by atoms with E-state index in [9.17, 15) is 96.4 Å². The topological polar surface area (TPSA) is 524 Å². The quantitative estimate of drug-likeness (QED) is 0.0262. The molecule has 10 fully saturated rings. The zero-order valence-electron chi connectivity index (χ0n) is 62.6. The average molecular weight is 1560 g/mol. The van der Waals surface area contributed by atoms with Crippen molar-refractivity contribution in [3.8, 4) is 5.75 Å². The number of hydrogen-bond acceptors (Lipinski definition) is 33. The van der Waals surface area contributed by atoms with Crippen molar-refractivity contribution in [2.75, 3.05) is 46.8 Å². The van der Waals surface area contributed by atoms with Gasteiger partial charge in [-0.05, 0) is 136 Å². The second-order valence-corrected chi connectivity index (χ2v) is 34.0. The Balaban J connectivity index is 0.837. The molecule has 37 atom stereocenters. The van der Waals surface area contributed by atoms with E-state index in [1.807, 2.05) is 6.92 Å². The van der Waals surface area contributed by atoms with Crippen molar-refractivity contribution in [2.24, 2.45) is 55.7 Å². The lowest BCUT2D eigenvalue weighted by Crippen LogP contribution is -2.71. The Morgan fingerprint density at radius 3 is 1.75 bits per heavy atom. The fourth-order valence-electron chi connectivity index (χ4n) is 20.3. The number of hydrogen-bond donors (Lipinski definition) is 17. The van der Waals surface area contributed by atoms with E-state index in [1.165, 1.54) is 40.9 Å². The van der Waals surface area contributed by atoms with E-state index >= 15 is 4.79 Å². The first-order valence-electron chi connectivity index (χ1n) is 37.8. The molecule has 0 amide bonds. The van der Waals surface area contributed by atoms with Gasteiger partial charge in [0.15, 0.2) is 43.7 Å². The Kier molecular flexibility index (Phi) is 24.8. The van der Waals surface area contributed by atoms with Crippen LogP contribution in [0.5, 0.6) is 5.75 Å². The van der Waals surface area contributed by atoms with Gasteiger partial charge in [-0.15, -0.1) is 0 Å². The molecule has 6 heterocycles. The molecule has 17 N–H and O–H groups in total. The van der Waals surface area contributed by atoms with E-state index in [0.29, 0.717) is 37.0 Å². The van der Waals surface area contributed by atoms with Gasteiger partial charge in [0.1, 0.15) is 110 Å². The summed E-state index contributed by atoms with van der Waals surface area (Å²) < 4.78 is 85.0. The third kappa shape index (κ3) is 14.8. The third-order valence-electron chi connectivity index (χ3n) is 27.0. The van der Waals surface area contributed by atoms with Crippen molar-refractivity contribution in [2.45, 2.75) is 285 Å². The maximum Gasteiger partial charge on any atom is 0.331 e. The van der Waals surface area contributed by atoms with Gasteiger partial charge >= 0.3 is 17.9 Å². The van der Waals surface area contributed by atoms with Gasteiger partial charge in [0.2, 0.25) is 6.29 Å². The van der Waals surface area contributed by atoms with Crippen LogP contribution < -0.4 is 4.74 Å². The molecule has 4 saturated carbocycles. The number of aliphatic carboxylic acids is 1. The number of carbonyl (C=O) groups is 3. The summed E-state index contributed by atoms with van der Waals surface area (Å²) in [5.74, 6) is -4.23. The molecule has 1 aromatic carbocycles. The second-order valence-electron chi connectivity index (χ2n) is 34.0. The number of aliphatic hydroxyl groups is 16. The first-order valence-corrected chi connectivity index (χ1v) is 37.8. The fraction of sp³-hybridized carbons (Fsp3) is 0.827. The number of rotatable bonds is 21. The van der Waals surface area contributed by atoms with Gasteiger partial charge in [0.05, 0.1) is 75.9 Å². The number of carboxylic acid groups (broad SMARTS) is 1. The van der Waals surface area contributed by atoms with Crippen molar-refractivity contribution in [3.63, 3.8) is 0 Å². The molecular formula is C75H112O34. The molecule has 1 aromatic rings. The van der Waals surface area contributed by atoms with Gasteiger partial charge in [0, 0.05) is 16.9 Å². The number of aliphatic hydroxyl groups excluding tert-OH is 16. The number of carboxylic acids is 1. The van der Waals surface area contributed by atoms with Gasteiger partial charge in [-0.2, -0.15) is 0 Å². The molecule has 1 unspecified atom stereocenters. The highest BCUT2D eigenvalue weighted by Crippen LogP contribution is 2.76. The van der Waals surface area contributed by atoms with Crippen LogP contribution >= 0.6 is 0 Å². The summed E-state index contributed by atoms with van der Waals surface area (Å²) in [5, 5.41) is 190. The van der Waals surface area contributed by atoms with E-state index in [2.05, 4.69) is 26.8 Å². The fourth-order valence-corrected chi connectivity index (χ4v) is 20.3. The number of benzene rings is 1. The van der Waals surface area contributed by atoms with Crippen molar-refractivity contribution in [3.05, 3.63) is 47.6 Å². The second kappa shape index (κ2) is 32.1. The molecule has 11 aliphatic rings. The highest BCUT2D eigenvalue weighted by molar-refractivity contribution is 5.87. The summed E-state index contributed by atoms with van der Waals surface area (Å²) in [6, 6.07) is 6.72. The maximum atomic E-state index is 16.2. The smallest absolute Gasteiger partial charge is 0.331 e. The predicted molar refractivity (Wildman–Crippen MR) is 367 cm³/mol. The highest BCUT2D eigenvalue weighted by atomic mass is 16.8. The summed E-state index contributed by atoms with van der Waals surface area (Å²) in [5.41, 5.74) is -6.42. The van der Waals surface area contributed by atoms with Crippen LogP contribution in [0.2, 0.25) is 0 Å². The molecule has 5 aliphatic carbocycles. The lowest BCUT2D eigenvalue weighted by molar-refractivity contribution is -0.388. The molecule has 616 valence electrons. The number of ether oxygens (including phenoxy) is 14. The Labute approximate surface area is 630 Å². The van der Waals surface area contributed by atoms with Gasteiger partial charge in [-0.25, -0.2) is 4.79 Å². The van der Waals surface area contributed by atoms with Gasteiger partial charge in [0.25, 0.3) is 0 Å². The van der Waals surface area contributed by atoms with E-state index in [-0.39, 0.29) is 45.3 Å². The van der Waals surface area contributed by atoms with Gasteiger partial charge in [-0.1, -0.05) is 58.4 Å². The largest absolute Gasteiger partial charge is 0.497 e. The van der Waals surface area contributed by atoms with Crippen LogP contribution in [0.1, 0.15) is 119 Å². The molecule has 0 radical (unpaired) electrons. The van der Waals surface area contributed by atoms with Crippen LogP contribution in [0.4, 0.5) is 0 Å². The Bertz CT molecular complexity index is 3400. The molecule has 0 aromatic heterocycles. The van der Waals surface area contributed by atoms with Gasteiger partial charge < -0.3 is 153 Å². The SMILES string of the molecule is COc1ccc(/C=C/C(=O)O[C@@H]2[C@H](O)[C@@H](O[C@@H]3O[C@@H](C)[C@H](O[C@@H]4OC[C@@H](O[C@@H]5O[C@H](CO)[C@H](O)[C@H](O)[C@H]5O)[C@H](O)[C@H]4O)[C@@H](O[C@@H]4OC[C@](C)(CO)[C@@H]4O)[C@H]3O)[C@H](OC(=O)[C@]34CCC(C)(C)C[C@H]3C3=CC[C@@H]5[C@@]6(C)C[C@H](O)[C@H](O[C@@H]7O[C@H](CO)[C@@H](O)[C@H](O)[C@H]7O)[C@@](C)(C(=O)O)C6CC[C@@]5(C)[C@]3(CO)CC4)O[C@@H]2C)cc1. The van der Waals surface area contributed by atoms with E-state index in [1.54, 1.807) is 24.3 Å². The van der Waals surface area contributed by atoms with E-state index in [0.717, 1.165) is 11.6 Å². The molecule has 0 bridgehead atoms. The lowest BCUT2D eigenvalue weighted by atomic mass is 9.33. The Hall–Kier alpha value is -4.17. The normalized spacial score (nSPS) is 49.8.